The van der Waals surface area contributed by atoms with Gasteiger partial charge >= 0.3 is 0 Å². The molecular formula is C27H25N3OS. The highest BCUT2D eigenvalue weighted by molar-refractivity contribution is 8.00. The molecule has 0 N–H and O–H groups in total. The molecule has 1 saturated heterocycles. The van der Waals surface area contributed by atoms with Gasteiger partial charge in [-0.05, 0) is 29.7 Å². The maximum absolute atomic E-state index is 12.8. The van der Waals surface area contributed by atoms with E-state index in [0.29, 0.717) is 12.3 Å². The van der Waals surface area contributed by atoms with Gasteiger partial charge in [0.05, 0.1) is 17.1 Å². The maximum atomic E-state index is 12.8. The molecule has 1 atom stereocenters. The van der Waals surface area contributed by atoms with Crippen molar-refractivity contribution in [2.75, 3.05) is 5.75 Å². The lowest BCUT2D eigenvalue weighted by Gasteiger charge is -2.24. The van der Waals surface area contributed by atoms with E-state index in [1.165, 1.54) is 5.56 Å². The highest BCUT2D eigenvalue weighted by atomic mass is 32.2. The van der Waals surface area contributed by atoms with Crippen molar-refractivity contribution in [3.8, 4) is 16.9 Å². The van der Waals surface area contributed by atoms with Gasteiger partial charge in [0.1, 0.15) is 5.37 Å². The van der Waals surface area contributed by atoms with Crippen LogP contribution in [0.4, 0.5) is 0 Å². The van der Waals surface area contributed by atoms with Gasteiger partial charge in [0.25, 0.3) is 0 Å². The van der Waals surface area contributed by atoms with Crippen molar-refractivity contribution in [2.45, 2.75) is 25.3 Å². The van der Waals surface area contributed by atoms with Crippen LogP contribution in [0, 0.1) is 0 Å². The Morgan fingerprint density at radius 2 is 1.59 bits per heavy atom. The average Bonchev–Trinajstić information content (AvgIpc) is 3.44. The van der Waals surface area contributed by atoms with E-state index in [1.54, 1.807) is 11.8 Å². The Balaban J connectivity index is 1.57. The highest BCUT2D eigenvalue weighted by Crippen LogP contribution is 2.43. The Hall–Kier alpha value is -3.31. The van der Waals surface area contributed by atoms with Gasteiger partial charge in [-0.2, -0.15) is 5.10 Å². The first kappa shape index (κ1) is 20.6. The minimum absolute atomic E-state index is 0.0685. The summed E-state index contributed by atoms with van der Waals surface area (Å²) >= 11 is 1.68. The maximum Gasteiger partial charge on any atom is 0.234 e. The van der Waals surface area contributed by atoms with Gasteiger partial charge in [0.15, 0.2) is 0 Å². The number of aryl methyl sites for hydroxylation is 1. The summed E-state index contributed by atoms with van der Waals surface area (Å²) in [6, 6.07) is 28.9. The molecule has 0 spiro atoms. The Kier molecular flexibility index (Phi) is 5.82. The first-order valence-corrected chi connectivity index (χ1v) is 12.0. The van der Waals surface area contributed by atoms with Crippen molar-refractivity contribution >= 4 is 17.7 Å². The lowest BCUT2D eigenvalue weighted by Crippen LogP contribution is -2.27. The molecule has 3 aromatic carbocycles. The fraction of sp³-hybridized carbons (Fsp3) is 0.185. The normalized spacial score (nSPS) is 16.0. The molecule has 1 amide bonds. The molecule has 1 aliphatic heterocycles. The van der Waals surface area contributed by atoms with Crippen molar-refractivity contribution in [1.82, 2.24) is 14.7 Å². The minimum Gasteiger partial charge on any atom is -0.321 e. The molecule has 2 heterocycles. The van der Waals surface area contributed by atoms with E-state index in [-0.39, 0.29) is 11.3 Å². The molecule has 5 heteroatoms. The summed E-state index contributed by atoms with van der Waals surface area (Å²) in [7, 11) is 0. The van der Waals surface area contributed by atoms with E-state index < -0.39 is 0 Å². The van der Waals surface area contributed by atoms with E-state index in [4.69, 9.17) is 5.10 Å². The van der Waals surface area contributed by atoms with Crippen molar-refractivity contribution < 1.29 is 4.79 Å². The molecule has 0 radical (unpaired) electrons. The van der Waals surface area contributed by atoms with Crippen LogP contribution in [-0.4, -0.2) is 26.3 Å². The molecule has 0 unspecified atom stereocenters. The average molecular weight is 440 g/mol. The van der Waals surface area contributed by atoms with Crippen molar-refractivity contribution in [3.63, 3.8) is 0 Å². The number of nitrogens with zero attached hydrogens (tertiary/aromatic N) is 3. The molecule has 0 aliphatic carbocycles. The Bertz CT molecular complexity index is 1200. The molecule has 1 aliphatic rings. The first-order valence-electron chi connectivity index (χ1n) is 10.9. The third kappa shape index (κ3) is 4.08. The van der Waals surface area contributed by atoms with Gasteiger partial charge in [0, 0.05) is 23.9 Å². The van der Waals surface area contributed by atoms with E-state index >= 15 is 0 Å². The number of thioether (sulfide) groups is 1. The lowest BCUT2D eigenvalue weighted by atomic mass is 10.0. The number of amides is 1. The number of carbonyl (C=O) groups is 1. The van der Waals surface area contributed by atoms with E-state index in [9.17, 15) is 4.79 Å². The molecule has 0 saturated carbocycles. The van der Waals surface area contributed by atoms with Crippen LogP contribution in [0.3, 0.4) is 0 Å². The van der Waals surface area contributed by atoms with Crippen LogP contribution in [0.1, 0.15) is 29.0 Å². The van der Waals surface area contributed by atoms with Gasteiger partial charge < -0.3 is 4.90 Å². The fourth-order valence-corrected chi connectivity index (χ4v) is 5.26. The number of hydrogen-bond donors (Lipinski definition) is 0. The third-order valence-corrected chi connectivity index (χ3v) is 7.07. The summed E-state index contributed by atoms with van der Waals surface area (Å²) in [5, 5.41) is 4.91. The van der Waals surface area contributed by atoms with Crippen LogP contribution in [0.2, 0.25) is 0 Å². The molecule has 4 nitrogen and oxygen atoms in total. The topological polar surface area (TPSA) is 38.1 Å². The van der Waals surface area contributed by atoms with Gasteiger partial charge in [-0.3, -0.25) is 4.79 Å². The van der Waals surface area contributed by atoms with Gasteiger partial charge in [-0.25, -0.2) is 4.68 Å². The van der Waals surface area contributed by atoms with Crippen LogP contribution in [0.15, 0.2) is 91.1 Å². The SMILES string of the molecule is CCc1ccc(-c2nn(-c3ccccc3)cc2[C@H]2SCC(=O)N2Cc2ccccc2)cc1. The summed E-state index contributed by atoms with van der Waals surface area (Å²) in [6.45, 7) is 2.76. The second-order valence-corrected chi connectivity index (χ2v) is 9.00. The molecule has 160 valence electrons. The Morgan fingerprint density at radius 3 is 2.28 bits per heavy atom. The fourth-order valence-electron chi connectivity index (χ4n) is 4.07. The number of para-hydroxylation sites is 1. The van der Waals surface area contributed by atoms with Crippen molar-refractivity contribution in [2.24, 2.45) is 0 Å². The zero-order valence-corrected chi connectivity index (χ0v) is 18.8. The van der Waals surface area contributed by atoms with Crippen LogP contribution >= 0.6 is 11.8 Å². The molecule has 1 aromatic heterocycles. The highest BCUT2D eigenvalue weighted by Gasteiger charge is 2.35. The number of hydrogen-bond acceptors (Lipinski definition) is 3. The smallest absolute Gasteiger partial charge is 0.234 e. The predicted molar refractivity (Wildman–Crippen MR) is 131 cm³/mol. The number of rotatable bonds is 6. The Morgan fingerprint density at radius 1 is 0.906 bits per heavy atom. The molecule has 1 fully saturated rings. The second kappa shape index (κ2) is 9.05. The second-order valence-electron chi connectivity index (χ2n) is 7.93. The van der Waals surface area contributed by atoms with Crippen LogP contribution < -0.4 is 0 Å². The summed E-state index contributed by atoms with van der Waals surface area (Å²) in [5.41, 5.74) is 6.53. The van der Waals surface area contributed by atoms with E-state index in [1.807, 2.05) is 46.0 Å². The van der Waals surface area contributed by atoms with E-state index in [2.05, 4.69) is 61.7 Å². The summed E-state index contributed by atoms with van der Waals surface area (Å²) in [5.74, 6) is 0.658. The predicted octanol–water partition coefficient (Wildman–Crippen LogP) is 5.88. The van der Waals surface area contributed by atoms with Crippen LogP contribution in [0.25, 0.3) is 16.9 Å². The first-order chi connectivity index (χ1) is 15.7. The standard InChI is InChI=1S/C27H25N3OS/c1-2-20-13-15-22(16-14-20)26-24(18-30(28-26)23-11-7-4-8-12-23)27-29(25(31)19-32-27)17-21-9-5-3-6-10-21/h3-16,18,27H,2,17,19H2,1H3/t27-/m1/s1. The van der Waals surface area contributed by atoms with Crippen molar-refractivity contribution in [3.05, 3.63) is 108 Å². The van der Waals surface area contributed by atoms with Crippen LogP contribution in [-0.2, 0) is 17.8 Å². The molecule has 0 bridgehead atoms. The summed E-state index contributed by atoms with van der Waals surface area (Å²) in [4.78, 5) is 14.8. The monoisotopic (exact) mass is 439 g/mol. The zero-order chi connectivity index (χ0) is 21.9. The minimum atomic E-state index is -0.0685. The number of carbonyl (C=O) groups excluding carboxylic acids is 1. The van der Waals surface area contributed by atoms with Gasteiger partial charge in [-0.1, -0.05) is 79.7 Å². The van der Waals surface area contributed by atoms with Gasteiger partial charge in [0.2, 0.25) is 5.91 Å². The number of benzene rings is 3. The lowest BCUT2D eigenvalue weighted by molar-refractivity contribution is -0.128. The zero-order valence-electron chi connectivity index (χ0n) is 18.0. The summed E-state index contributed by atoms with van der Waals surface area (Å²) in [6.07, 6.45) is 3.09. The largest absolute Gasteiger partial charge is 0.321 e. The molecule has 4 aromatic rings. The third-order valence-electron chi connectivity index (χ3n) is 5.83. The molecule has 32 heavy (non-hydrogen) atoms. The van der Waals surface area contributed by atoms with E-state index in [0.717, 1.165) is 34.5 Å². The Labute approximate surface area is 192 Å². The summed E-state index contributed by atoms with van der Waals surface area (Å²) < 4.78 is 1.93. The molecule has 5 rings (SSSR count). The van der Waals surface area contributed by atoms with Gasteiger partial charge in [-0.15, -0.1) is 11.8 Å². The van der Waals surface area contributed by atoms with Crippen LogP contribution in [0.5, 0.6) is 0 Å². The molecular weight excluding hydrogens is 414 g/mol. The van der Waals surface area contributed by atoms with Crippen molar-refractivity contribution in [1.29, 1.82) is 0 Å². The quantitative estimate of drug-likeness (QED) is 0.377. The number of aromatic nitrogens is 2.